The van der Waals surface area contributed by atoms with Crippen molar-refractivity contribution < 1.29 is 17.5 Å². The van der Waals surface area contributed by atoms with Crippen LogP contribution in [0.1, 0.15) is 5.56 Å². The number of hydrogen-bond donors (Lipinski definition) is 0. The molecule has 0 bridgehead atoms. The molecule has 3 rings (SSSR count). The number of halogens is 2. The Balaban J connectivity index is 2.11. The summed E-state index contributed by atoms with van der Waals surface area (Å²) in [7, 11) is -2.50. The highest BCUT2D eigenvalue weighted by atomic mass is 35.5. The van der Waals surface area contributed by atoms with Crippen molar-refractivity contribution in [3.05, 3.63) is 89.2 Å². The quantitative estimate of drug-likeness (QED) is 0.587. The van der Waals surface area contributed by atoms with Gasteiger partial charge in [0.05, 0.1) is 24.4 Å². The molecule has 0 aromatic heterocycles. The Morgan fingerprint density at radius 2 is 1.59 bits per heavy atom. The minimum Gasteiger partial charge on any atom is -0.497 e. The van der Waals surface area contributed by atoms with E-state index in [2.05, 4.69) is 0 Å². The van der Waals surface area contributed by atoms with Gasteiger partial charge in [0, 0.05) is 5.56 Å². The second kappa shape index (κ2) is 7.98. The Kier molecular flexibility index (Phi) is 5.68. The van der Waals surface area contributed by atoms with Gasteiger partial charge in [-0.15, -0.1) is 0 Å². The van der Waals surface area contributed by atoms with E-state index in [0.717, 1.165) is 4.31 Å². The lowest BCUT2D eigenvalue weighted by Crippen LogP contribution is -2.31. The molecule has 0 aliphatic rings. The highest BCUT2D eigenvalue weighted by Gasteiger charge is 2.28. The lowest BCUT2D eigenvalue weighted by molar-refractivity contribution is 0.415. The molecule has 0 amide bonds. The van der Waals surface area contributed by atoms with Crippen molar-refractivity contribution in [3.8, 4) is 5.75 Å². The van der Waals surface area contributed by atoms with Gasteiger partial charge in [0.2, 0.25) is 0 Å². The molecule has 4 nitrogen and oxygen atoms in total. The van der Waals surface area contributed by atoms with E-state index >= 15 is 0 Å². The third-order valence-corrected chi connectivity index (χ3v) is 6.31. The fraction of sp³-hybridized carbons (Fsp3) is 0.100. The molecule has 0 heterocycles. The van der Waals surface area contributed by atoms with Crippen LogP contribution >= 0.6 is 11.6 Å². The third kappa shape index (κ3) is 4.07. The fourth-order valence-electron chi connectivity index (χ4n) is 2.62. The Hall–Kier alpha value is -2.57. The molecule has 0 atom stereocenters. The Bertz CT molecular complexity index is 1040. The monoisotopic (exact) mass is 405 g/mol. The molecule has 0 saturated heterocycles. The largest absolute Gasteiger partial charge is 0.497 e. The maximum atomic E-state index is 14.2. The molecule has 0 fully saturated rings. The summed E-state index contributed by atoms with van der Waals surface area (Å²) in [6.07, 6.45) is 0. The Labute approximate surface area is 162 Å². The van der Waals surface area contributed by atoms with Crippen molar-refractivity contribution in [2.45, 2.75) is 11.4 Å². The van der Waals surface area contributed by atoms with E-state index in [1.165, 1.54) is 25.3 Å². The van der Waals surface area contributed by atoms with Crippen molar-refractivity contribution in [2.24, 2.45) is 0 Å². The van der Waals surface area contributed by atoms with Crippen LogP contribution in [0.15, 0.2) is 77.7 Å². The second-order valence-electron chi connectivity index (χ2n) is 5.73. The molecule has 7 heteroatoms. The number of rotatable bonds is 6. The molecule has 0 spiro atoms. The summed E-state index contributed by atoms with van der Waals surface area (Å²) in [6, 6.07) is 18.7. The maximum absolute atomic E-state index is 14.2. The summed E-state index contributed by atoms with van der Waals surface area (Å²) in [5.74, 6) is 0.102. The lowest BCUT2D eigenvalue weighted by atomic mass is 10.2. The Morgan fingerprint density at radius 1 is 0.963 bits per heavy atom. The van der Waals surface area contributed by atoms with Crippen LogP contribution in [0.25, 0.3) is 0 Å². The zero-order valence-electron chi connectivity index (χ0n) is 14.5. The zero-order chi connectivity index (χ0) is 19.4. The fourth-order valence-corrected chi connectivity index (χ4v) is 4.56. The van der Waals surface area contributed by atoms with Gasteiger partial charge in [-0.25, -0.2) is 12.8 Å². The SMILES string of the molecule is COc1ccc(N(Cc2ccccc2F)S(=O)(=O)c2ccccc2Cl)cc1. The molecule has 3 aromatic carbocycles. The predicted molar refractivity (Wildman–Crippen MR) is 104 cm³/mol. The summed E-state index contributed by atoms with van der Waals surface area (Å²) in [5, 5.41) is 0.101. The highest BCUT2D eigenvalue weighted by Crippen LogP contribution is 2.31. The average Bonchev–Trinajstić information content (AvgIpc) is 2.67. The van der Waals surface area contributed by atoms with Gasteiger partial charge in [-0.2, -0.15) is 0 Å². The van der Waals surface area contributed by atoms with E-state index in [9.17, 15) is 12.8 Å². The lowest BCUT2D eigenvalue weighted by Gasteiger charge is -2.25. The van der Waals surface area contributed by atoms with E-state index in [4.69, 9.17) is 16.3 Å². The summed E-state index contributed by atoms with van der Waals surface area (Å²) < 4.78 is 47.1. The molecular weight excluding hydrogens is 389 g/mol. The van der Waals surface area contributed by atoms with Gasteiger partial charge in [0.1, 0.15) is 16.5 Å². The number of benzene rings is 3. The van der Waals surface area contributed by atoms with Crippen LogP contribution in [-0.4, -0.2) is 15.5 Å². The van der Waals surface area contributed by atoms with Gasteiger partial charge in [0.15, 0.2) is 0 Å². The number of nitrogens with zero attached hydrogens (tertiary/aromatic N) is 1. The standard InChI is InChI=1S/C20H17ClFNO3S/c1-26-17-12-10-16(11-13-17)23(14-15-6-2-4-8-19(15)22)27(24,25)20-9-5-3-7-18(20)21/h2-13H,14H2,1H3. The van der Waals surface area contributed by atoms with Gasteiger partial charge in [-0.1, -0.05) is 41.9 Å². The third-order valence-electron chi connectivity index (χ3n) is 4.04. The van der Waals surface area contributed by atoms with Gasteiger partial charge in [-0.3, -0.25) is 4.31 Å². The van der Waals surface area contributed by atoms with E-state index in [0.29, 0.717) is 11.4 Å². The Morgan fingerprint density at radius 3 is 2.22 bits per heavy atom. The molecule has 0 aliphatic carbocycles. The molecule has 27 heavy (non-hydrogen) atoms. The van der Waals surface area contributed by atoms with E-state index in [1.807, 2.05) is 0 Å². The molecule has 0 saturated carbocycles. The summed E-state index contributed by atoms with van der Waals surface area (Å²) in [4.78, 5) is -0.0428. The minimum absolute atomic E-state index is 0.0428. The van der Waals surface area contributed by atoms with Crippen LogP contribution in [0.5, 0.6) is 5.75 Å². The van der Waals surface area contributed by atoms with Crippen LogP contribution in [0.2, 0.25) is 5.02 Å². The summed E-state index contributed by atoms with van der Waals surface area (Å²) in [5.41, 5.74) is 0.628. The van der Waals surface area contributed by atoms with Crippen LogP contribution in [-0.2, 0) is 16.6 Å². The molecule has 140 valence electrons. The molecule has 0 unspecified atom stereocenters. The van der Waals surface area contributed by atoms with Crippen molar-refractivity contribution in [3.63, 3.8) is 0 Å². The minimum atomic E-state index is -4.03. The van der Waals surface area contributed by atoms with Crippen LogP contribution in [0.3, 0.4) is 0 Å². The zero-order valence-corrected chi connectivity index (χ0v) is 16.0. The molecule has 0 aliphatic heterocycles. The predicted octanol–water partition coefficient (Wildman–Crippen LogP) is 4.88. The van der Waals surface area contributed by atoms with Crippen LogP contribution in [0.4, 0.5) is 10.1 Å². The molecule has 0 radical (unpaired) electrons. The van der Waals surface area contributed by atoms with Gasteiger partial charge in [-0.05, 0) is 42.5 Å². The molecule has 0 N–H and O–H groups in total. The number of sulfonamides is 1. The van der Waals surface area contributed by atoms with Crippen molar-refractivity contribution >= 4 is 27.3 Å². The van der Waals surface area contributed by atoms with Crippen LogP contribution < -0.4 is 9.04 Å². The average molecular weight is 406 g/mol. The first-order chi connectivity index (χ1) is 12.9. The first-order valence-corrected chi connectivity index (χ1v) is 9.90. The second-order valence-corrected chi connectivity index (χ2v) is 7.97. The van der Waals surface area contributed by atoms with Gasteiger partial charge >= 0.3 is 0 Å². The summed E-state index contributed by atoms with van der Waals surface area (Å²) >= 11 is 6.12. The molecule has 3 aromatic rings. The van der Waals surface area contributed by atoms with Gasteiger partial charge < -0.3 is 4.74 Å². The van der Waals surface area contributed by atoms with Crippen LogP contribution in [0, 0.1) is 5.82 Å². The van der Waals surface area contributed by atoms with Crippen molar-refractivity contribution in [1.29, 1.82) is 0 Å². The number of ether oxygens (including phenoxy) is 1. The van der Waals surface area contributed by atoms with E-state index in [-0.39, 0.29) is 22.0 Å². The summed E-state index contributed by atoms with van der Waals surface area (Å²) in [6.45, 7) is -0.174. The molecular formula is C20H17ClFNO3S. The number of hydrogen-bond acceptors (Lipinski definition) is 3. The topological polar surface area (TPSA) is 46.6 Å². The number of anilines is 1. The van der Waals surface area contributed by atoms with Crippen molar-refractivity contribution in [2.75, 3.05) is 11.4 Å². The first-order valence-electron chi connectivity index (χ1n) is 8.08. The first kappa shape index (κ1) is 19.2. The smallest absolute Gasteiger partial charge is 0.266 e. The van der Waals surface area contributed by atoms with Gasteiger partial charge in [0.25, 0.3) is 10.0 Å². The van der Waals surface area contributed by atoms with E-state index < -0.39 is 15.8 Å². The highest BCUT2D eigenvalue weighted by molar-refractivity contribution is 7.93. The van der Waals surface area contributed by atoms with Crippen molar-refractivity contribution in [1.82, 2.24) is 0 Å². The number of methoxy groups -OCH3 is 1. The van der Waals surface area contributed by atoms with E-state index in [1.54, 1.807) is 54.6 Å². The normalized spacial score (nSPS) is 11.2. The maximum Gasteiger partial charge on any atom is 0.266 e.